The van der Waals surface area contributed by atoms with Gasteiger partial charge in [0.2, 0.25) is 0 Å². The van der Waals surface area contributed by atoms with Crippen molar-refractivity contribution in [2.75, 3.05) is 0 Å². The smallest absolute Gasteiger partial charge is 0.265 e. The van der Waals surface area contributed by atoms with E-state index in [1.165, 1.54) is 0 Å². The van der Waals surface area contributed by atoms with Gasteiger partial charge in [-0.25, -0.2) is 0 Å². The lowest BCUT2D eigenvalue weighted by Gasteiger charge is -2.14. The van der Waals surface area contributed by atoms with Gasteiger partial charge in [-0.15, -0.1) is 0 Å². The number of benzene rings is 6. The maximum absolute atomic E-state index is 15.0. The topological polar surface area (TPSA) is 31.9 Å². The molecule has 0 radical (unpaired) electrons. The molecular weight excluding hydrogens is 526 g/mol. The van der Waals surface area contributed by atoms with Crippen molar-refractivity contribution in [3.05, 3.63) is 162 Å². The highest BCUT2D eigenvalue weighted by atomic mass is 16.1. The summed E-state index contributed by atoms with van der Waals surface area (Å²) in [7, 11) is 0. The van der Waals surface area contributed by atoms with Gasteiger partial charge in [0.15, 0.2) is 0 Å². The van der Waals surface area contributed by atoms with Crippen LogP contribution in [-0.2, 0) is 0 Å². The average molecular weight is 552 g/mol. The first-order chi connectivity index (χ1) is 21.3. The minimum atomic E-state index is -0.0244. The van der Waals surface area contributed by atoms with Gasteiger partial charge in [-0.3, -0.25) is 9.36 Å². The van der Waals surface area contributed by atoms with Crippen molar-refractivity contribution in [2.24, 2.45) is 0 Å². The third kappa shape index (κ3) is 3.29. The minimum Gasteiger partial charge on any atom is -0.309 e. The number of nitrogens with zero attached hydrogens (tertiary/aromatic N) is 3. The summed E-state index contributed by atoms with van der Waals surface area (Å²) < 4.78 is 6.46. The van der Waals surface area contributed by atoms with Gasteiger partial charge < -0.3 is 9.13 Å². The molecule has 0 aliphatic heterocycles. The van der Waals surface area contributed by atoms with Crippen LogP contribution in [0.25, 0.3) is 71.6 Å². The first kappa shape index (κ1) is 23.8. The number of rotatable bonds is 3. The van der Waals surface area contributed by atoms with Gasteiger partial charge in [0, 0.05) is 38.6 Å². The third-order valence-corrected chi connectivity index (χ3v) is 8.63. The second-order valence-corrected chi connectivity index (χ2v) is 10.9. The van der Waals surface area contributed by atoms with Crippen LogP contribution in [0.2, 0.25) is 0 Å². The molecule has 0 aliphatic rings. The zero-order valence-corrected chi connectivity index (χ0v) is 23.2. The van der Waals surface area contributed by atoms with E-state index < -0.39 is 0 Å². The van der Waals surface area contributed by atoms with Crippen LogP contribution in [0, 0.1) is 0 Å². The Bertz CT molecular complexity index is 2560. The van der Waals surface area contributed by atoms with Crippen LogP contribution < -0.4 is 5.56 Å². The van der Waals surface area contributed by atoms with E-state index in [-0.39, 0.29) is 5.56 Å². The van der Waals surface area contributed by atoms with Gasteiger partial charge in [0.1, 0.15) is 0 Å². The van der Waals surface area contributed by atoms with Gasteiger partial charge in [0.25, 0.3) is 5.56 Å². The molecule has 0 spiro atoms. The monoisotopic (exact) mass is 551 g/mol. The predicted molar refractivity (Wildman–Crippen MR) is 178 cm³/mol. The lowest BCUT2D eigenvalue weighted by atomic mass is 10.0. The Morgan fingerprint density at radius 3 is 1.37 bits per heavy atom. The molecule has 0 fully saturated rings. The summed E-state index contributed by atoms with van der Waals surface area (Å²) in [6, 6.07) is 52.0. The maximum Gasteiger partial charge on any atom is 0.265 e. The van der Waals surface area contributed by atoms with Crippen molar-refractivity contribution in [1.29, 1.82) is 0 Å². The third-order valence-electron chi connectivity index (χ3n) is 8.63. The summed E-state index contributed by atoms with van der Waals surface area (Å²) in [4.78, 5) is 15.0. The quantitative estimate of drug-likeness (QED) is 0.215. The molecule has 0 N–H and O–H groups in total. The van der Waals surface area contributed by atoms with Crippen LogP contribution in [0.15, 0.2) is 156 Å². The molecule has 0 saturated heterocycles. The summed E-state index contributed by atoms with van der Waals surface area (Å²) in [5, 5.41) is 4.94. The molecule has 0 bridgehead atoms. The molecule has 9 rings (SSSR count). The molecule has 0 atom stereocenters. The first-order valence-electron chi connectivity index (χ1n) is 14.5. The standard InChI is InChI=1S/C39H25N3O/c43-39-37-36-34(25-24-33-35(36)29-20-10-12-22-31(29)40(33)26-14-4-1-5-15-26)41(27-16-6-2-7-17-27)38(37)30-21-11-13-23-32(30)42(39)28-18-8-3-9-19-28/h1-25H. The Kier molecular flexibility index (Phi) is 5.02. The fraction of sp³-hybridized carbons (Fsp3) is 0. The van der Waals surface area contributed by atoms with Crippen molar-refractivity contribution < 1.29 is 0 Å². The number of pyridine rings is 1. The van der Waals surface area contributed by atoms with Crippen LogP contribution >= 0.6 is 0 Å². The zero-order chi connectivity index (χ0) is 28.5. The molecular formula is C39H25N3O. The van der Waals surface area contributed by atoms with Crippen molar-refractivity contribution in [2.45, 2.75) is 0 Å². The molecule has 0 unspecified atom stereocenters. The lowest BCUT2D eigenvalue weighted by molar-refractivity contribution is 1.06. The molecule has 43 heavy (non-hydrogen) atoms. The van der Waals surface area contributed by atoms with Gasteiger partial charge in [0.05, 0.1) is 33.0 Å². The highest BCUT2D eigenvalue weighted by molar-refractivity contribution is 6.31. The van der Waals surface area contributed by atoms with Crippen molar-refractivity contribution in [3.8, 4) is 17.1 Å². The highest BCUT2D eigenvalue weighted by Gasteiger charge is 2.25. The second-order valence-electron chi connectivity index (χ2n) is 10.9. The molecule has 9 aromatic rings. The van der Waals surface area contributed by atoms with E-state index in [0.29, 0.717) is 0 Å². The summed E-state index contributed by atoms with van der Waals surface area (Å²) in [6.07, 6.45) is 0. The number of fused-ring (bicyclic) bond motifs is 9. The Balaban J connectivity index is 1.60. The molecule has 0 amide bonds. The van der Waals surface area contributed by atoms with Gasteiger partial charge in [-0.05, 0) is 60.7 Å². The molecule has 0 aliphatic carbocycles. The first-order valence-corrected chi connectivity index (χ1v) is 14.5. The van der Waals surface area contributed by atoms with Gasteiger partial charge in [-0.2, -0.15) is 0 Å². The molecule has 6 aromatic carbocycles. The average Bonchev–Trinajstić information content (AvgIpc) is 3.60. The van der Waals surface area contributed by atoms with Crippen LogP contribution in [0.4, 0.5) is 0 Å². The molecule has 3 heterocycles. The summed E-state index contributed by atoms with van der Waals surface area (Å²) in [5.74, 6) is 0. The Hall–Kier alpha value is -5.87. The zero-order valence-electron chi connectivity index (χ0n) is 23.2. The summed E-state index contributed by atoms with van der Waals surface area (Å²) >= 11 is 0. The van der Waals surface area contributed by atoms with Crippen LogP contribution in [-0.4, -0.2) is 13.7 Å². The second kappa shape index (κ2) is 9.07. The number of hydrogen-bond donors (Lipinski definition) is 0. The maximum atomic E-state index is 15.0. The fourth-order valence-corrected chi connectivity index (χ4v) is 6.93. The van der Waals surface area contributed by atoms with Gasteiger partial charge in [-0.1, -0.05) is 91.0 Å². The number of hydrogen-bond acceptors (Lipinski definition) is 1. The molecule has 3 aromatic heterocycles. The van der Waals surface area contributed by atoms with Gasteiger partial charge >= 0.3 is 0 Å². The molecule has 4 heteroatoms. The summed E-state index contributed by atoms with van der Waals surface area (Å²) in [5.41, 5.74) is 7.95. The number of aromatic nitrogens is 3. The van der Waals surface area contributed by atoms with Crippen LogP contribution in [0.1, 0.15) is 0 Å². The van der Waals surface area contributed by atoms with Crippen LogP contribution in [0.5, 0.6) is 0 Å². The van der Waals surface area contributed by atoms with E-state index in [1.807, 2.05) is 59.2 Å². The largest absolute Gasteiger partial charge is 0.309 e. The van der Waals surface area contributed by atoms with E-state index in [2.05, 4.69) is 106 Å². The van der Waals surface area contributed by atoms with Crippen LogP contribution in [0.3, 0.4) is 0 Å². The Morgan fingerprint density at radius 2 is 0.767 bits per heavy atom. The van der Waals surface area contributed by atoms with E-state index in [4.69, 9.17) is 0 Å². The van der Waals surface area contributed by atoms with E-state index in [1.54, 1.807) is 0 Å². The molecule has 0 saturated carbocycles. The minimum absolute atomic E-state index is 0.0244. The van der Waals surface area contributed by atoms with Crippen molar-refractivity contribution >= 4 is 54.5 Å². The Morgan fingerprint density at radius 1 is 0.326 bits per heavy atom. The Labute approximate surface area is 246 Å². The lowest BCUT2D eigenvalue weighted by Crippen LogP contribution is -2.19. The SMILES string of the molecule is O=c1c2c3c4c5ccccc5n(-c5ccccc5)c4ccc3n(-c3ccccc3)c2c2ccccc2n1-c1ccccc1. The fourth-order valence-electron chi connectivity index (χ4n) is 6.93. The molecule has 4 nitrogen and oxygen atoms in total. The van der Waals surface area contributed by atoms with Crippen molar-refractivity contribution in [1.82, 2.24) is 13.7 Å². The van der Waals surface area contributed by atoms with E-state index in [9.17, 15) is 0 Å². The number of para-hydroxylation sites is 5. The predicted octanol–water partition coefficient (Wildman–Crippen LogP) is 9.18. The van der Waals surface area contributed by atoms with Crippen molar-refractivity contribution in [3.63, 3.8) is 0 Å². The molecule has 202 valence electrons. The highest BCUT2D eigenvalue weighted by Crippen LogP contribution is 2.43. The van der Waals surface area contributed by atoms with E-state index >= 15 is 4.79 Å². The summed E-state index contributed by atoms with van der Waals surface area (Å²) in [6.45, 7) is 0. The normalized spacial score (nSPS) is 11.8. The van der Waals surface area contributed by atoms with E-state index in [0.717, 1.165) is 71.6 Å².